The number of fused-ring (bicyclic) bond motifs is 1. The van der Waals surface area contributed by atoms with Crippen LogP contribution in [-0.2, 0) is 0 Å². The zero-order valence-corrected chi connectivity index (χ0v) is 11.5. The van der Waals surface area contributed by atoms with Crippen LogP contribution in [0.25, 0.3) is 11.1 Å². The SMILES string of the molecule is CC(C)CC(C)N(C)c1nc2c(N)cccc2o1. The molecule has 0 amide bonds. The maximum absolute atomic E-state index is 5.89. The lowest BCUT2D eigenvalue weighted by Gasteiger charge is -2.24. The summed E-state index contributed by atoms with van der Waals surface area (Å²) in [5, 5.41) is 0. The summed E-state index contributed by atoms with van der Waals surface area (Å²) in [6.07, 6.45) is 1.10. The van der Waals surface area contributed by atoms with Crippen LogP contribution in [0.15, 0.2) is 22.6 Å². The number of nitrogens with zero attached hydrogens (tertiary/aromatic N) is 2. The molecule has 2 rings (SSSR count). The number of hydrogen-bond donors (Lipinski definition) is 1. The molecular weight excluding hydrogens is 226 g/mol. The first-order chi connectivity index (χ1) is 8.49. The fraction of sp³-hybridized carbons (Fsp3) is 0.500. The molecule has 4 nitrogen and oxygen atoms in total. The highest BCUT2D eigenvalue weighted by Crippen LogP contribution is 2.27. The number of nitrogens with two attached hydrogens (primary N) is 1. The Kier molecular flexibility index (Phi) is 3.45. The zero-order chi connectivity index (χ0) is 13.3. The number of rotatable bonds is 4. The van der Waals surface area contributed by atoms with Gasteiger partial charge in [-0.2, -0.15) is 4.98 Å². The van der Waals surface area contributed by atoms with Gasteiger partial charge < -0.3 is 15.1 Å². The minimum Gasteiger partial charge on any atom is -0.423 e. The van der Waals surface area contributed by atoms with E-state index in [0.717, 1.165) is 17.5 Å². The summed E-state index contributed by atoms with van der Waals surface area (Å²) in [4.78, 5) is 6.54. The van der Waals surface area contributed by atoms with Crippen molar-refractivity contribution in [3.8, 4) is 0 Å². The Morgan fingerprint density at radius 3 is 2.67 bits per heavy atom. The normalized spacial score (nSPS) is 13.2. The molecule has 1 heterocycles. The van der Waals surface area contributed by atoms with Gasteiger partial charge >= 0.3 is 0 Å². The van der Waals surface area contributed by atoms with Gasteiger partial charge in [0.1, 0.15) is 5.52 Å². The summed E-state index contributed by atoms with van der Waals surface area (Å²) in [7, 11) is 2.01. The van der Waals surface area contributed by atoms with Crippen molar-refractivity contribution in [2.24, 2.45) is 5.92 Å². The highest BCUT2D eigenvalue weighted by Gasteiger charge is 2.17. The van der Waals surface area contributed by atoms with Gasteiger partial charge in [0, 0.05) is 13.1 Å². The third kappa shape index (κ3) is 2.42. The third-order valence-corrected chi connectivity index (χ3v) is 3.21. The molecule has 2 aromatic rings. The Balaban J connectivity index is 2.28. The van der Waals surface area contributed by atoms with E-state index in [4.69, 9.17) is 10.2 Å². The lowest BCUT2D eigenvalue weighted by Crippen LogP contribution is -2.30. The topological polar surface area (TPSA) is 55.3 Å². The lowest BCUT2D eigenvalue weighted by atomic mass is 10.0. The molecule has 0 fully saturated rings. The molecule has 1 unspecified atom stereocenters. The maximum atomic E-state index is 5.89. The van der Waals surface area contributed by atoms with Gasteiger partial charge in [-0.25, -0.2) is 0 Å². The predicted molar refractivity (Wildman–Crippen MR) is 75.7 cm³/mol. The van der Waals surface area contributed by atoms with Gasteiger partial charge in [-0.1, -0.05) is 19.9 Å². The van der Waals surface area contributed by atoms with Crippen molar-refractivity contribution >= 4 is 22.8 Å². The summed E-state index contributed by atoms with van der Waals surface area (Å²) in [6.45, 7) is 6.61. The number of benzene rings is 1. The molecule has 0 saturated heterocycles. The molecule has 1 aromatic heterocycles. The molecule has 4 heteroatoms. The van der Waals surface area contributed by atoms with E-state index in [2.05, 4.69) is 30.7 Å². The molecule has 0 spiro atoms. The maximum Gasteiger partial charge on any atom is 0.298 e. The first kappa shape index (κ1) is 12.7. The first-order valence-corrected chi connectivity index (χ1v) is 6.37. The molecule has 0 aliphatic heterocycles. The van der Waals surface area contributed by atoms with Crippen LogP contribution < -0.4 is 10.6 Å². The Labute approximate surface area is 108 Å². The van der Waals surface area contributed by atoms with Gasteiger partial charge in [-0.05, 0) is 31.4 Å². The van der Waals surface area contributed by atoms with Crippen LogP contribution in [0.1, 0.15) is 27.2 Å². The fourth-order valence-corrected chi connectivity index (χ4v) is 2.14. The Hall–Kier alpha value is -1.71. The zero-order valence-electron chi connectivity index (χ0n) is 11.5. The van der Waals surface area contributed by atoms with Crippen molar-refractivity contribution in [2.45, 2.75) is 33.2 Å². The second kappa shape index (κ2) is 4.88. The van der Waals surface area contributed by atoms with Crippen LogP contribution in [0.4, 0.5) is 11.7 Å². The van der Waals surface area contributed by atoms with Crippen molar-refractivity contribution in [2.75, 3.05) is 17.7 Å². The minimum absolute atomic E-state index is 0.388. The minimum atomic E-state index is 0.388. The van der Waals surface area contributed by atoms with Crippen molar-refractivity contribution in [3.63, 3.8) is 0 Å². The summed E-state index contributed by atoms with van der Waals surface area (Å²) < 4.78 is 5.75. The van der Waals surface area contributed by atoms with E-state index in [1.807, 2.05) is 25.2 Å². The van der Waals surface area contributed by atoms with Gasteiger partial charge in [0.25, 0.3) is 6.01 Å². The van der Waals surface area contributed by atoms with E-state index in [1.165, 1.54) is 0 Å². The number of oxazole rings is 1. The standard InChI is InChI=1S/C14H21N3O/c1-9(2)8-10(3)17(4)14-16-13-11(15)6-5-7-12(13)18-14/h5-7,9-10H,8,15H2,1-4H3. The number of aromatic nitrogens is 1. The molecule has 0 bridgehead atoms. The number of nitrogen functional groups attached to an aromatic ring is 1. The molecule has 0 aliphatic rings. The Morgan fingerprint density at radius 2 is 2.06 bits per heavy atom. The highest BCUT2D eigenvalue weighted by molar-refractivity contribution is 5.86. The monoisotopic (exact) mass is 247 g/mol. The van der Waals surface area contributed by atoms with Crippen LogP contribution in [0.3, 0.4) is 0 Å². The van der Waals surface area contributed by atoms with Gasteiger partial charge in [0.15, 0.2) is 5.58 Å². The van der Waals surface area contributed by atoms with E-state index >= 15 is 0 Å². The third-order valence-electron chi connectivity index (χ3n) is 3.21. The van der Waals surface area contributed by atoms with E-state index < -0.39 is 0 Å². The lowest BCUT2D eigenvalue weighted by molar-refractivity contribution is 0.474. The van der Waals surface area contributed by atoms with Crippen molar-refractivity contribution in [1.82, 2.24) is 4.98 Å². The van der Waals surface area contributed by atoms with Crippen LogP contribution in [-0.4, -0.2) is 18.1 Å². The highest BCUT2D eigenvalue weighted by atomic mass is 16.4. The molecule has 98 valence electrons. The first-order valence-electron chi connectivity index (χ1n) is 6.37. The summed E-state index contributed by atoms with van der Waals surface area (Å²) in [5.74, 6) is 0.650. The van der Waals surface area contributed by atoms with Crippen LogP contribution >= 0.6 is 0 Å². The summed E-state index contributed by atoms with van der Waals surface area (Å²) in [6, 6.07) is 6.63. The average molecular weight is 247 g/mol. The van der Waals surface area contributed by atoms with Crippen molar-refractivity contribution in [3.05, 3.63) is 18.2 Å². The second-order valence-corrected chi connectivity index (χ2v) is 5.28. The van der Waals surface area contributed by atoms with E-state index in [1.54, 1.807) is 0 Å². The fourth-order valence-electron chi connectivity index (χ4n) is 2.14. The van der Waals surface area contributed by atoms with Crippen molar-refractivity contribution in [1.29, 1.82) is 0 Å². The smallest absolute Gasteiger partial charge is 0.298 e. The summed E-state index contributed by atoms with van der Waals surface area (Å²) in [5.41, 5.74) is 8.04. The molecule has 18 heavy (non-hydrogen) atoms. The number of anilines is 2. The number of para-hydroxylation sites is 1. The van der Waals surface area contributed by atoms with Crippen LogP contribution in [0.5, 0.6) is 0 Å². The predicted octanol–water partition coefficient (Wildman–Crippen LogP) is 3.28. The molecule has 0 aliphatic carbocycles. The van der Waals surface area contributed by atoms with Gasteiger partial charge in [-0.3, -0.25) is 0 Å². The van der Waals surface area contributed by atoms with Gasteiger partial charge in [0.05, 0.1) is 5.69 Å². The largest absolute Gasteiger partial charge is 0.423 e. The number of hydrogen-bond acceptors (Lipinski definition) is 4. The summed E-state index contributed by atoms with van der Waals surface area (Å²) >= 11 is 0. The second-order valence-electron chi connectivity index (χ2n) is 5.28. The van der Waals surface area contributed by atoms with Gasteiger partial charge in [-0.15, -0.1) is 0 Å². The molecule has 0 saturated carbocycles. The molecule has 1 aromatic carbocycles. The average Bonchev–Trinajstić information content (AvgIpc) is 2.72. The van der Waals surface area contributed by atoms with E-state index in [9.17, 15) is 0 Å². The van der Waals surface area contributed by atoms with Crippen molar-refractivity contribution < 1.29 is 4.42 Å². The van der Waals surface area contributed by atoms with Crippen LogP contribution in [0, 0.1) is 5.92 Å². The molecule has 0 radical (unpaired) electrons. The Bertz CT molecular complexity index is 533. The van der Waals surface area contributed by atoms with E-state index in [-0.39, 0.29) is 0 Å². The quantitative estimate of drug-likeness (QED) is 0.842. The van der Waals surface area contributed by atoms with E-state index in [0.29, 0.717) is 23.7 Å². The Morgan fingerprint density at radius 1 is 1.33 bits per heavy atom. The van der Waals surface area contributed by atoms with Crippen LogP contribution in [0.2, 0.25) is 0 Å². The molecule has 2 N–H and O–H groups in total. The molecular formula is C14H21N3O. The van der Waals surface area contributed by atoms with Gasteiger partial charge in [0.2, 0.25) is 0 Å². The molecule has 1 atom stereocenters.